The van der Waals surface area contributed by atoms with E-state index >= 15 is 0 Å². The minimum absolute atomic E-state index is 0.174. The van der Waals surface area contributed by atoms with Gasteiger partial charge < -0.3 is 19.2 Å². The van der Waals surface area contributed by atoms with E-state index in [1.54, 1.807) is 20.8 Å². The minimum atomic E-state index is -0.985. The van der Waals surface area contributed by atoms with E-state index in [2.05, 4.69) is 4.98 Å². The van der Waals surface area contributed by atoms with Crippen LogP contribution in [0.15, 0.2) is 52.9 Å². The molecule has 2 aromatic carbocycles. The third-order valence-corrected chi connectivity index (χ3v) is 6.02. The molecule has 1 N–H and O–H groups in total. The monoisotopic (exact) mass is 462 g/mol. The molecular formula is C27H30N2O5. The Morgan fingerprint density at radius 3 is 2.56 bits per heavy atom. The van der Waals surface area contributed by atoms with Crippen LogP contribution in [-0.2, 0) is 29.0 Å². The molecule has 0 saturated heterocycles. The van der Waals surface area contributed by atoms with E-state index < -0.39 is 17.4 Å². The van der Waals surface area contributed by atoms with Crippen LogP contribution in [-0.4, -0.2) is 39.5 Å². The molecule has 7 heteroatoms. The number of carboxylic acids is 1. The Bertz CT molecular complexity index is 1190. The van der Waals surface area contributed by atoms with Crippen LogP contribution in [0.2, 0.25) is 0 Å². The van der Waals surface area contributed by atoms with Crippen molar-refractivity contribution in [1.29, 1.82) is 0 Å². The molecule has 7 nitrogen and oxygen atoms in total. The highest BCUT2D eigenvalue weighted by atomic mass is 16.5. The topological polar surface area (TPSA) is 92.9 Å². The van der Waals surface area contributed by atoms with Gasteiger partial charge >= 0.3 is 5.97 Å². The van der Waals surface area contributed by atoms with Gasteiger partial charge in [-0.1, -0.05) is 45.0 Å². The average Bonchev–Trinajstić information content (AvgIpc) is 3.18. The number of carbonyl (C=O) groups excluding carboxylic acids is 1. The number of oxazole rings is 1. The summed E-state index contributed by atoms with van der Waals surface area (Å²) < 4.78 is 11.8. The summed E-state index contributed by atoms with van der Waals surface area (Å²) >= 11 is 0. The molecule has 1 atom stereocenters. The van der Waals surface area contributed by atoms with E-state index in [-0.39, 0.29) is 18.9 Å². The highest BCUT2D eigenvalue weighted by molar-refractivity contribution is 5.87. The molecule has 0 bridgehead atoms. The first-order valence-electron chi connectivity index (χ1n) is 11.4. The van der Waals surface area contributed by atoms with Crippen molar-refractivity contribution in [2.45, 2.75) is 53.1 Å². The molecule has 3 aromatic rings. The Kier molecular flexibility index (Phi) is 6.46. The first-order valence-corrected chi connectivity index (χ1v) is 11.4. The van der Waals surface area contributed by atoms with Gasteiger partial charge in [-0.15, -0.1) is 0 Å². The maximum atomic E-state index is 12.9. The third kappa shape index (κ3) is 4.98. The molecular weight excluding hydrogens is 432 g/mol. The first kappa shape index (κ1) is 23.5. The largest absolute Gasteiger partial charge is 0.493 e. The predicted molar refractivity (Wildman–Crippen MR) is 127 cm³/mol. The molecule has 178 valence electrons. The summed E-state index contributed by atoms with van der Waals surface area (Å²) in [5.41, 5.74) is 2.96. The van der Waals surface area contributed by atoms with Gasteiger partial charge in [0.2, 0.25) is 11.8 Å². The van der Waals surface area contributed by atoms with E-state index in [9.17, 15) is 14.7 Å². The fraction of sp³-hybridized carbons (Fsp3) is 0.370. The van der Waals surface area contributed by atoms with E-state index in [0.29, 0.717) is 24.7 Å². The van der Waals surface area contributed by atoms with Gasteiger partial charge in [-0.25, -0.2) is 9.78 Å². The van der Waals surface area contributed by atoms with Crippen molar-refractivity contribution >= 4 is 11.9 Å². The van der Waals surface area contributed by atoms with Gasteiger partial charge in [0, 0.05) is 30.4 Å². The lowest BCUT2D eigenvalue weighted by molar-refractivity contribution is -0.155. The number of aliphatic carboxylic acids is 1. The van der Waals surface area contributed by atoms with Crippen LogP contribution in [0.3, 0.4) is 0 Å². The standard InChI is InChI=1S/C27H30N2O5/c1-17-22(28-24(34-17)18-8-6-5-7-9-18)12-13-33-21-11-10-19-15-23(25(30)31)29(16-20(19)14-21)26(32)27(2,3)4/h5-11,14,23H,12-13,15-16H2,1-4H3,(H,30,31)/t23-/m0/s1. The Morgan fingerprint density at radius 1 is 1.15 bits per heavy atom. The van der Waals surface area contributed by atoms with Crippen LogP contribution < -0.4 is 4.74 Å². The van der Waals surface area contributed by atoms with Crippen molar-refractivity contribution in [3.63, 3.8) is 0 Å². The maximum absolute atomic E-state index is 12.9. The highest BCUT2D eigenvalue weighted by Gasteiger charge is 2.38. The van der Waals surface area contributed by atoms with E-state index in [1.165, 1.54) is 4.90 Å². The molecule has 0 spiro atoms. The van der Waals surface area contributed by atoms with Gasteiger partial charge in [0.25, 0.3) is 0 Å². The van der Waals surface area contributed by atoms with Crippen molar-refractivity contribution in [1.82, 2.24) is 9.88 Å². The van der Waals surface area contributed by atoms with Crippen molar-refractivity contribution in [3.05, 3.63) is 71.1 Å². The van der Waals surface area contributed by atoms with Gasteiger partial charge in [-0.05, 0) is 42.3 Å². The summed E-state index contributed by atoms with van der Waals surface area (Å²) in [6, 6.07) is 14.6. The molecule has 0 radical (unpaired) electrons. The molecule has 1 aromatic heterocycles. The fourth-order valence-corrected chi connectivity index (χ4v) is 4.15. The predicted octanol–water partition coefficient (Wildman–Crippen LogP) is 4.66. The van der Waals surface area contributed by atoms with Crippen LogP contribution in [0.25, 0.3) is 11.5 Å². The Morgan fingerprint density at radius 2 is 1.88 bits per heavy atom. The summed E-state index contributed by atoms with van der Waals surface area (Å²) in [6.07, 6.45) is 0.877. The number of hydrogen-bond acceptors (Lipinski definition) is 5. The Hall–Kier alpha value is -3.61. The number of nitrogens with zero attached hydrogens (tertiary/aromatic N) is 2. The lowest BCUT2D eigenvalue weighted by Crippen LogP contribution is -2.52. The third-order valence-electron chi connectivity index (χ3n) is 6.02. The highest BCUT2D eigenvalue weighted by Crippen LogP contribution is 2.31. The number of fused-ring (bicyclic) bond motifs is 1. The molecule has 0 fully saturated rings. The van der Waals surface area contributed by atoms with Crippen LogP contribution in [0, 0.1) is 12.3 Å². The summed E-state index contributed by atoms with van der Waals surface area (Å²) in [5.74, 6) is 0.886. The summed E-state index contributed by atoms with van der Waals surface area (Å²) in [4.78, 5) is 30.8. The zero-order valence-corrected chi connectivity index (χ0v) is 20.0. The molecule has 1 aliphatic rings. The van der Waals surface area contributed by atoms with Crippen molar-refractivity contribution < 1.29 is 23.8 Å². The van der Waals surface area contributed by atoms with Crippen molar-refractivity contribution in [2.75, 3.05) is 6.61 Å². The van der Waals surface area contributed by atoms with E-state index in [1.807, 2.05) is 55.5 Å². The van der Waals surface area contributed by atoms with Crippen molar-refractivity contribution in [2.24, 2.45) is 5.41 Å². The number of aryl methyl sites for hydroxylation is 1. The first-order chi connectivity index (χ1) is 16.1. The second-order valence-electron chi connectivity index (χ2n) is 9.66. The molecule has 0 unspecified atom stereocenters. The molecule has 0 saturated carbocycles. The molecule has 4 rings (SSSR count). The van der Waals surface area contributed by atoms with Crippen LogP contribution in [0.1, 0.15) is 43.4 Å². The zero-order chi connectivity index (χ0) is 24.5. The molecule has 1 aliphatic heterocycles. The van der Waals surface area contributed by atoms with Gasteiger partial charge in [-0.3, -0.25) is 4.79 Å². The van der Waals surface area contributed by atoms with Gasteiger partial charge in [-0.2, -0.15) is 0 Å². The van der Waals surface area contributed by atoms with Gasteiger partial charge in [0.15, 0.2) is 0 Å². The van der Waals surface area contributed by atoms with Crippen LogP contribution in [0.5, 0.6) is 5.75 Å². The average molecular weight is 463 g/mol. The second-order valence-corrected chi connectivity index (χ2v) is 9.66. The summed E-state index contributed by atoms with van der Waals surface area (Å²) in [6.45, 7) is 7.98. The number of carbonyl (C=O) groups is 2. The molecule has 0 aliphatic carbocycles. The molecule has 2 heterocycles. The normalized spacial score (nSPS) is 15.6. The SMILES string of the molecule is Cc1oc(-c2ccccc2)nc1CCOc1ccc2c(c1)CN(C(=O)C(C)(C)C)[C@H](C(=O)O)C2. The quantitative estimate of drug-likeness (QED) is 0.573. The van der Waals surface area contributed by atoms with Gasteiger partial charge in [0.1, 0.15) is 17.6 Å². The Balaban J connectivity index is 1.44. The smallest absolute Gasteiger partial charge is 0.326 e. The zero-order valence-electron chi connectivity index (χ0n) is 20.0. The van der Waals surface area contributed by atoms with E-state index in [4.69, 9.17) is 9.15 Å². The number of aromatic nitrogens is 1. The number of ether oxygens (including phenoxy) is 1. The van der Waals surface area contributed by atoms with Crippen LogP contribution >= 0.6 is 0 Å². The lowest BCUT2D eigenvalue weighted by atomic mass is 9.88. The van der Waals surface area contributed by atoms with Crippen molar-refractivity contribution in [3.8, 4) is 17.2 Å². The summed E-state index contributed by atoms with van der Waals surface area (Å²) in [5, 5.41) is 9.69. The number of carboxylic acid groups (broad SMARTS) is 1. The summed E-state index contributed by atoms with van der Waals surface area (Å²) in [7, 11) is 0. The number of benzene rings is 2. The molecule has 1 amide bonds. The van der Waals surface area contributed by atoms with Crippen LogP contribution in [0.4, 0.5) is 0 Å². The fourth-order valence-electron chi connectivity index (χ4n) is 4.15. The Labute approximate surface area is 199 Å². The number of hydrogen-bond donors (Lipinski definition) is 1. The number of rotatable bonds is 6. The second kappa shape index (κ2) is 9.33. The lowest BCUT2D eigenvalue weighted by Gasteiger charge is -2.38. The molecule has 34 heavy (non-hydrogen) atoms. The minimum Gasteiger partial charge on any atom is -0.493 e. The van der Waals surface area contributed by atoms with Gasteiger partial charge in [0.05, 0.1) is 12.3 Å². The maximum Gasteiger partial charge on any atom is 0.326 e. The van der Waals surface area contributed by atoms with E-state index in [0.717, 1.165) is 28.1 Å². The number of amides is 1.